The van der Waals surface area contributed by atoms with Crippen molar-refractivity contribution in [3.63, 3.8) is 0 Å². The van der Waals surface area contributed by atoms with Gasteiger partial charge in [0.25, 0.3) is 0 Å². The minimum Gasteiger partial charge on any atom is -0.493 e. The Kier molecular flexibility index (Phi) is 3.72. The highest BCUT2D eigenvalue weighted by Gasteiger charge is 2.47. The third-order valence-corrected chi connectivity index (χ3v) is 4.88. The molecular weight excluding hydrogens is 262 g/mol. The second-order valence-corrected chi connectivity index (χ2v) is 5.82. The Morgan fingerprint density at radius 1 is 1.29 bits per heavy atom. The van der Waals surface area contributed by atoms with E-state index in [1.807, 2.05) is 18.8 Å². The predicted octanol–water partition coefficient (Wildman–Crippen LogP) is 2.81. The molecule has 0 aliphatic heterocycles. The van der Waals surface area contributed by atoms with Crippen molar-refractivity contribution in [3.8, 4) is 5.75 Å². The molecule has 1 aromatic heterocycles. The molecule has 0 saturated heterocycles. The van der Waals surface area contributed by atoms with Gasteiger partial charge in [-0.05, 0) is 25.5 Å². The van der Waals surface area contributed by atoms with Crippen LogP contribution in [0.15, 0.2) is 36.5 Å². The van der Waals surface area contributed by atoms with Gasteiger partial charge < -0.3 is 10.1 Å². The molecule has 1 aromatic carbocycles. The van der Waals surface area contributed by atoms with Gasteiger partial charge in [0.2, 0.25) is 0 Å². The second kappa shape index (κ2) is 5.53. The van der Waals surface area contributed by atoms with E-state index in [0.29, 0.717) is 0 Å². The van der Waals surface area contributed by atoms with E-state index in [2.05, 4.69) is 40.7 Å². The van der Waals surface area contributed by atoms with Crippen LogP contribution in [0.1, 0.15) is 36.6 Å². The van der Waals surface area contributed by atoms with Gasteiger partial charge in [-0.2, -0.15) is 5.10 Å². The first kappa shape index (κ1) is 14.1. The molecule has 1 N–H and O–H groups in total. The number of ether oxygens (including phenoxy) is 1. The molecule has 4 nitrogen and oxygen atoms in total. The number of methoxy groups -OCH3 is 1. The van der Waals surface area contributed by atoms with Crippen LogP contribution in [0.5, 0.6) is 5.75 Å². The smallest absolute Gasteiger partial charge is 0.161 e. The summed E-state index contributed by atoms with van der Waals surface area (Å²) in [4.78, 5) is 0. The van der Waals surface area contributed by atoms with Gasteiger partial charge in [0.15, 0.2) is 5.75 Å². The summed E-state index contributed by atoms with van der Waals surface area (Å²) < 4.78 is 7.46. The average molecular weight is 285 g/mol. The fraction of sp³-hybridized carbons (Fsp3) is 0.471. The Labute approximate surface area is 126 Å². The van der Waals surface area contributed by atoms with Crippen molar-refractivity contribution in [1.29, 1.82) is 0 Å². The largest absolute Gasteiger partial charge is 0.493 e. The van der Waals surface area contributed by atoms with E-state index in [4.69, 9.17) is 4.74 Å². The maximum atomic E-state index is 5.53. The normalized spacial score (nSPS) is 18.0. The van der Waals surface area contributed by atoms with E-state index < -0.39 is 0 Å². The van der Waals surface area contributed by atoms with Crippen LogP contribution in [0.25, 0.3) is 0 Å². The molecule has 0 amide bonds. The number of benzene rings is 1. The number of rotatable bonds is 5. The SMILES string of the molecule is CNC(c1c(OC)cnn1C)C1(c2ccccc2)CCC1. The van der Waals surface area contributed by atoms with Crippen LogP contribution in [0.2, 0.25) is 0 Å². The van der Waals surface area contributed by atoms with Crippen molar-refractivity contribution in [3.05, 3.63) is 47.8 Å². The Balaban J connectivity index is 2.08. The molecule has 1 heterocycles. The number of hydrogen-bond acceptors (Lipinski definition) is 3. The number of nitrogens with zero attached hydrogens (tertiary/aromatic N) is 2. The molecule has 4 heteroatoms. The van der Waals surface area contributed by atoms with Gasteiger partial charge in [-0.1, -0.05) is 36.8 Å². The van der Waals surface area contributed by atoms with E-state index in [0.717, 1.165) is 11.4 Å². The van der Waals surface area contributed by atoms with Crippen molar-refractivity contribution in [2.75, 3.05) is 14.2 Å². The highest BCUT2D eigenvalue weighted by molar-refractivity contribution is 5.38. The number of nitrogens with one attached hydrogen (secondary N) is 1. The maximum absolute atomic E-state index is 5.53. The topological polar surface area (TPSA) is 39.1 Å². The lowest BCUT2D eigenvalue weighted by Crippen LogP contribution is -2.46. The summed E-state index contributed by atoms with van der Waals surface area (Å²) >= 11 is 0. The fourth-order valence-electron chi connectivity index (χ4n) is 3.66. The van der Waals surface area contributed by atoms with Crippen LogP contribution in [0, 0.1) is 0 Å². The third-order valence-electron chi connectivity index (χ3n) is 4.88. The van der Waals surface area contributed by atoms with Gasteiger partial charge in [-0.25, -0.2) is 0 Å². The maximum Gasteiger partial charge on any atom is 0.161 e. The summed E-state index contributed by atoms with van der Waals surface area (Å²) in [6.07, 6.45) is 5.46. The quantitative estimate of drug-likeness (QED) is 0.918. The predicted molar refractivity (Wildman–Crippen MR) is 83.5 cm³/mol. The first-order valence-electron chi connectivity index (χ1n) is 7.51. The van der Waals surface area contributed by atoms with Crippen LogP contribution in [0.4, 0.5) is 0 Å². The van der Waals surface area contributed by atoms with Crippen LogP contribution in [-0.2, 0) is 12.5 Å². The second-order valence-electron chi connectivity index (χ2n) is 5.82. The van der Waals surface area contributed by atoms with Gasteiger partial charge in [-0.15, -0.1) is 0 Å². The average Bonchev–Trinajstić information content (AvgIpc) is 2.84. The minimum absolute atomic E-state index is 0.136. The lowest BCUT2D eigenvalue weighted by Gasteiger charge is -2.48. The summed E-state index contributed by atoms with van der Waals surface area (Å²) in [5.74, 6) is 0.860. The highest BCUT2D eigenvalue weighted by atomic mass is 16.5. The lowest BCUT2D eigenvalue weighted by atomic mass is 9.59. The third kappa shape index (κ3) is 2.14. The Morgan fingerprint density at radius 3 is 2.52 bits per heavy atom. The van der Waals surface area contributed by atoms with Crippen LogP contribution >= 0.6 is 0 Å². The lowest BCUT2D eigenvalue weighted by molar-refractivity contribution is 0.167. The van der Waals surface area contributed by atoms with Gasteiger partial charge in [0, 0.05) is 12.5 Å². The molecule has 1 aliphatic carbocycles. The molecule has 3 rings (SSSR count). The van der Waals surface area contributed by atoms with Crippen LogP contribution in [0.3, 0.4) is 0 Å². The molecule has 1 fully saturated rings. The van der Waals surface area contributed by atoms with E-state index >= 15 is 0 Å². The standard InChI is InChI=1S/C17H23N3O/c1-18-16(15-14(21-3)12-19-20(15)2)17(10-7-11-17)13-8-5-4-6-9-13/h4-6,8-9,12,16,18H,7,10-11H2,1-3H3. The first-order valence-corrected chi connectivity index (χ1v) is 7.51. The van der Waals surface area contributed by atoms with Gasteiger partial charge >= 0.3 is 0 Å². The monoisotopic (exact) mass is 285 g/mol. The molecule has 1 atom stereocenters. The summed E-state index contributed by atoms with van der Waals surface area (Å²) in [6, 6.07) is 11.0. The molecule has 1 unspecified atom stereocenters. The zero-order valence-electron chi connectivity index (χ0n) is 13.0. The van der Waals surface area contributed by atoms with E-state index in [-0.39, 0.29) is 11.5 Å². The number of aryl methyl sites for hydroxylation is 1. The summed E-state index contributed by atoms with van der Waals surface area (Å²) in [7, 11) is 5.73. The number of likely N-dealkylation sites (N-methyl/N-ethyl adjacent to an activating group) is 1. The van der Waals surface area contributed by atoms with Crippen molar-refractivity contribution in [1.82, 2.24) is 15.1 Å². The van der Waals surface area contributed by atoms with Gasteiger partial charge in [0.05, 0.1) is 25.0 Å². The van der Waals surface area contributed by atoms with E-state index in [1.54, 1.807) is 13.3 Å². The highest BCUT2D eigenvalue weighted by Crippen LogP contribution is 2.53. The molecule has 21 heavy (non-hydrogen) atoms. The molecule has 1 saturated carbocycles. The molecule has 0 radical (unpaired) electrons. The van der Waals surface area contributed by atoms with Crippen molar-refractivity contribution in [2.24, 2.45) is 7.05 Å². The van der Waals surface area contributed by atoms with Crippen molar-refractivity contribution >= 4 is 0 Å². The Hall–Kier alpha value is -1.81. The number of hydrogen-bond donors (Lipinski definition) is 1. The molecule has 0 bridgehead atoms. The van der Waals surface area contributed by atoms with Crippen LogP contribution in [-0.4, -0.2) is 23.9 Å². The zero-order chi connectivity index (χ0) is 14.9. The summed E-state index contributed by atoms with van der Waals surface area (Å²) in [5, 5.41) is 7.89. The Morgan fingerprint density at radius 2 is 2.00 bits per heavy atom. The number of aromatic nitrogens is 2. The fourth-order valence-corrected chi connectivity index (χ4v) is 3.66. The molecule has 1 aliphatic rings. The molecule has 2 aromatic rings. The molecule has 0 spiro atoms. The van der Waals surface area contributed by atoms with Crippen LogP contribution < -0.4 is 10.1 Å². The van der Waals surface area contributed by atoms with Crippen molar-refractivity contribution < 1.29 is 4.74 Å². The first-order chi connectivity index (χ1) is 10.2. The Bertz CT molecular complexity index is 602. The van der Waals surface area contributed by atoms with E-state index in [9.17, 15) is 0 Å². The van der Waals surface area contributed by atoms with Gasteiger partial charge in [0.1, 0.15) is 0 Å². The molecular formula is C17H23N3O. The summed E-state index contributed by atoms with van der Waals surface area (Å²) in [6.45, 7) is 0. The minimum atomic E-state index is 0.136. The molecule has 112 valence electrons. The van der Waals surface area contributed by atoms with Gasteiger partial charge in [-0.3, -0.25) is 4.68 Å². The summed E-state index contributed by atoms with van der Waals surface area (Å²) in [5.41, 5.74) is 2.67. The van der Waals surface area contributed by atoms with Crippen molar-refractivity contribution in [2.45, 2.75) is 30.7 Å². The zero-order valence-corrected chi connectivity index (χ0v) is 13.0. The van der Waals surface area contributed by atoms with E-state index in [1.165, 1.54) is 24.8 Å².